The summed E-state index contributed by atoms with van der Waals surface area (Å²) in [5.74, 6) is 0. The normalized spacial score (nSPS) is 19.5. The van der Waals surface area contributed by atoms with Crippen LogP contribution >= 0.6 is 12.4 Å². The molecule has 6 nitrogen and oxygen atoms in total. The van der Waals surface area contributed by atoms with Crippen LogP contribution in [0.5, 0.6) is 0 Å². The fraction of sp³-hybridized carbons (Fsp3) is 0.833. The van der Waals surface area contributed by atoms with Crippen LogP contribution in [0.25, 0.3) is 0 Å². The SMILES string of the molecule is Cl.NC([14CH]=O)[C@@H](O)[C@H](O)[C@H](O)CO. The van der Waals surface area contributed by atoms with Crippen LogP contribution in [0.4, 0.5) is 0 Å². The smallest absolute Gasteiger partial charge is 0.139 e. The first-order valence-electron chi connectivity index (χ1n) is 3.40. The summed E-state index contributed by atoms with van der Waals surface area (Å²) < 4.78 is 0. The van der Waals surface area contributed by atoms with Gasteiger partial charge in [-0.05, 0) is 0 Å². The topological polar surface area (TPSA) is 124 Å². The Morgan fingerprint density at radius 3 is 2.00 bits per heavy atom. The van der Waals surface area contributed by atoms with E-state index in [4.69, 9.17) is 26.2 Å². The summed E-state index contributed by atoms with van der Waals surface area (Å²) in [5.41, 5.74) is 5.04. The van der Waals surface area contributed by atoms with Gasteiger partial charge >= 0.3 is 0 Å². The molecule has 0 aliphatic carbocycles. The highest BCUT2D eigenvalue weighted by molar-refractivity contribution is 5.85. The minimum absolute atomic E-state index is 0. The Hall–Kier alpha value is -0.240. The summed E-state index contributed by atoms with van der Waals surface area (Å²) >= 11 is 0. The van der Waals surface area contributed by atoms with Crippen molar-refractivity contribution >= 4 is 18.7 Å². The fourth-order valence-corrected chi connectivity index (χ4v) is 0.644. The molecule has 0 radical (unpaired) electrons. The van der Waals surface area contributed by atoms with Crippen molar-refractivity contribution < 1.29 is 25.2 Å². The van der Waals surface area contributed by atoms with Gasteiger partial charge in [0.15, 0.2) is 0 Å². The van der Waals surface area contributed by atoms with Crippen LogP contribution in [0.15, 0.2) is 0 Å². The maximum absolute atomic E-state index is 10.0. The van der Waals surface area contributed by atoms with Crippen LogP contribution < -0.4 is 5.73 Å². The van der Waals surface area contributed by atoms with E-state index < -0.39 is 31.0 Å². The Balaban J connectivity index is 0. The molecule has 0 aliphatic heterocycles. The molecule has 0 amide bonds. The zero-order valence-electron chi connectivity index (χ0n) is 6.78. The van der Waals surface area contributed by atoms with Crippen molar-refractivity contribution in [2.24, 2.45) is 5.73 Å². The van der Waals surface area contributed by atoms with Gasteiger partial charge in [-0.15, -0.1) is 12.4 Å². The Morgan fingerprint density at radius 1 is 1.23 bits per heavy atom. The molecule has 0 spiro atoms. The molecule has 13 heavy (non-hydrogen) atoms. The Morgan fingerprint density at radius 2 is 1.69 bits per heavy atom. The van der Waals surface area contributed by atoms with Crippen molar-refractivity contribution in [1.82, 2.24) is 0 Å². The molecule has 0 heterocycles. The Kier molecular flexibility index (Phi) is 8.43. The second-order valence-electron chi connectivity index (χ2n) is 2.44. The van der Waals surface area contributed by atoms with Crippen LogP contribution in [0.2, 0.25) is 0 Å². The third-order valence-corrected chi connectivity index (χ3v) is 1.48. The average Bonchev–Trinajstić information content (AvgIpc) is 2.12. The highest BCUT2D eigenvalue weighted by atomic mass is 35.5. The standard InChI is InChI=1S/C6H13NO5.ClH/c7-3(1-8)5(11)6(12)4(10)2-9;/h1,3-6,9-12H,2,7H2;1H/t3?,4-,5-,6-;/m1./s1/i1+2;. The fourth-order valence-electron chi connectivity index (χ4n) is 0.644. The first-order chi connectivity index (χ1) is 5.54. The molecule has 80 valence electrons. The van der Waals surface area contributed by atoms with Gasteiger partial charge in [-0.3, -0.25) is 0 Å². The molecule has 6 N–H and O–H groups in total. The maximum atomic E-state index is 10.0. The van der Waals surface area contributed by atoms with E-state index in [-0.39, 0.29) is 18.7 Å². The number of carbonyl (C=O) groups excluding carboxylic acids is 1. The lowest BCUT2D eigenvalue weighted by Crippen LogP contribution is -2.49. The number of aldehydes is 1. The highest BCUT2D eigenvalue weighted by Gasteiger charge is 2.28. The summed E-state index contributed by atoms with van der Waals surface area (Å²) in [6.45, 7) is -0.705. The molecule has 4 atom stereocenters. The van der Waals surface area contributed by atoms with E-state index in [0.29, 0.717) is 0 Å². The van der Waals surface area contributed by atoms with Gasteiger partial charge in [-0.1, -0.05) is 0 Å². The number of halogens is 1. The Bertz CT molecular complexity index is 147. The van der Waals surface area contributed by atoms with Gasteiger partial charge in [0, 0.05) is 0 Å². The second-order valence-corrected chi connectivity index (χ2v) is 2.44. The van der Waals surface area contributed by atoms with Gasteiger partial charge in [0.05, 0.1) is 12.6 Å². The van der Waals surface area contributed by atoms with Crippen LogP contribution in [0, 0.1) is 0 Å². The minimum Gasteiger partial charge on any atom is -0.394 e. The van der Waals surface area contributed by atoms with E-state index >= 15 is 0 Å². The largest absolute Gasteiger partial charge is 0.394 e. The predicted molar refractivity (Wildman–Crippen MR) is 46.4 cm³/mol. The van der Waals surface area contributed by atoms with Gasteiger partial charge in [0.1, 0.15) is 24.6 Å². The van der Waals surface area contributed by atoms with Gasteiger partial charge in [-0.2, -0.15) is 0 Å². The number of nitrogens with two attached hydrogens (primary N) is 1. The molecule has 7 heteroatoms. The molecule has 0 rings (SSSR count). The first-order valence-corrected chi connectivity index (χ1v) is 3.40. The van der Waals surface area contributed by atoms with E-state index in [1.165, 1.54) is 0 Å². The summed E-state index contributed by atoms with van der Waals surface area (Å²) in [5, 5.41) is 35.2. The van der Waals surface area contributed by atoms with Crippen LogP contribution in [-0.2, 0) is 4.79 Å². The Labute approximate surface area is 81.4 Å². The number of hydrogen-bond donors (Lipinski definition) is 5. The van der Waals surface area contributed by atoms with Crippen LogP contribution in [0.1, 0.15) is 0 Å². The van der Waals surface area contributed by atoms with Crippen molar-refractivity contribution in [2.75, 3.05) is 6.61 Å². The lowest BCUT2D eigenvalue weighted by atomic mass is 10.1. The van der Waals surface area contributed by atoms with Crippen molar-refractivity contribution in [3.63, 3.8) is 0 Å². The number of carbonyl (C=O) groups is 1. The van der Waals surface area contributed by atoms with Gasteiger partial charge in [-0.25, -0.2) is 0 Å². The van der Waals surface area contributed by atoms with Crippen LogP contribution in [0.3, 0.4) is 0 Å². The zero-order chi connectivity index (χ0) is 9.72. The molecule has 0 aromatic rings. The van der Waals surface area contributed by atoms with E-state index in [9.17, 15) is 4.79 Å². The van der Waals surface area contributed by atoms with Crippen molar-refractivity contribution in [1.29, 1.82) is 0 Å². The van der Waals surface area contributed by atoms with Gasteiger partial charge in [0.2, 0.25) is 0 Å². The maximum Gasteiger partial charge on any atom is 0.139 e. The third kappa shape index (κ3) is 4.51. The molecule has 0 bridgehead atoms. The molecular formula is C6H14ClNO5. The number of hydrogen-bond acceptors (Lipinski definition) is 6. The summed E-state index contributed by atoms with van der Waals surface area (Å²) in [6.07, 6.45) is -4.43. The summed E-state index contributed by atoms with van der Waals surface area (Å²) in [6, 6.07) is -1.26. The molecule has 0 aromatic heterocycles. The molecule has 0 aliphatic rings. The molecular weight excluding hydrogens is 204 g/mol. The zero-order valence-corrected chi connectivity index (χ0v) is 7.59. The highest BCUT2D eigenvalue weighted by Crippen LogP contribution is 2.01. The van der Waals surface area contributed by atoms with Crippen molar-refractivity contribution in [3.05, 3.63) is 0 Å². The van der Waals surface area contributed by atoms with E-state index in [2.05, 4.69) is 0 Å². The summed E-state index contributed by atoms with van der Waals surface area (Å²) in [4.78, 5) is 10.0. The second kappa shape index (κ2) is 7.19. The van der Waals surface area contributed by atoms with Crippen molar-refractivity contribution in [3.8, 4) is 0 Å². The van der Waals surface area contributed by atoms with E-state index in [1.807, 2.05) is 0 Å². The quantitative estimate of drug-likeness (QED) is 0.313. The average molecular weight is 218 g/mol. The van der Waals surface area contributed by atoms with Gasteiger partial charge in [0.25, 0.3) is 0 Å². The molecule has 0 saturated heterocycles. The minimum atomic E-state index is -1.62. The lowest BCUT2D eigenvalue weighted by Gasteiger charge is -2.23. The van der Waals surface area contributed by atoms with Crippen molar-refractivity contribution in [2.45, 2.75) is 24.4 Å². The first kappa shape index (κ1) is 15.2. The monoisotopic (exact) mass is 217 g/mol. The number of rotatable bonds is 5. The molecule has 0 aromatic carbocycles. The molecule has 0 saturated carbocycles. The third-order valence-electron chi connectivity index (χ3n) is 1.48. The summed E-state index contributed by atoms with van der Waals surface area (Å²) in [7, 11) is 0. The molecule has 0 fully saturated rings. The number of aliphatic hydroxyl groups is 4. The van der Waals surface area contributed by atoms with E-state index in [1.54, 1.807) is 0 Å². The number of aliphatic hydroxyl groups excluding tert-OH is 4. The van der Waals surface area contributed by atoms with Gasteiger partial charge < -0.3 is 31.0 Å². The van der Waals surface area contributed by atoms with Crippen LogP contribution in [-0.4, -0.2) is 57.7 Å². The lowest BCUT2D eigenvalue weighted by molar-refractivity contribution is -0.118. The van der Waals surface area contributed by atoms with E-state index in [0.717, 1.165) is 0 Å². The predicted octanol–water partition coefficient (Wildman–Crippen LogP) is -2.99. The molecule has 1 unspecified atom stereocenters.